The highest BCUT2D eigenvalue weighted by atomic mass is 15.1. The summed E-state index contributed by atoms with van der Waals surface area (Å²) in [4.78, 5) is 2.33. The van der Waals surface area contributed by atoms with Gasteiger partial charge in [-0.05, 0) is 72.9 Å². The smallest absolute Gasteiger partial charge is 0.0461 e. The zero-order valence-corrected chi connectivity index (χ0v) is 19.8. The second-order valence-electron chi connectivity index (χ2n) is 9.14. The number of nitrogens with zero attached hydrogens (tertiary/aromatic N) is 1. The molecular weight excluding hydrogens is 386 g/mol. The highest BCUT2D eigenvalue weighted by molar-refractivity contribution is 5.76. The molecule has 0 bridgehead atoms. The van der Waals surface area contributed by atoms with Crippen molar-refractivity contribution < 1.29 is 0 Å². The quantitative estimate of drug-likeness (QED) is 0.301. The number of anilines is 3. The van der Waals surface area contributed by atoms with Crippen LogP contribution in [-0.4, -0.2) is 0 Å². The SMILES string of the molecule is Cc1ccc(N(c2ccc(C)cc2)c2ccc(C(C)c3cccc(C(C)C)c3)cc2)cc1. The molecule has 1 heteroatoms. The van der Waals surface area contributed by atoms with Gasteiger partial charge in [0.05, 0.1) is 0 Å². The third-order valence-corrected chi connectivity index (χ3v) is 6.31. The van der Waals surface area contributed by atoms with Crippen LogP contribution < -0.4 is 4.90 Å². The van der Waals surface area contributed by atoms with E-state index in [0.29, 0.717) is 11.8 Å². The van der Waals surface area contributed by atoms with Crippen molar-refractivity contribution in [2.75, 3.05) is 4.90 Å². The van der Waals surface area contributed by atoms with Gasteiger partial charge in [0.2, 0.25) is 0 Å². The van der Waals surface area contributed by atoms with Crippen molar-refractivity contribution in [1.29, 1.82) is 0 Å². The Labute approximate surface area is 193 Å². The Kier molecular flexibility index (Phi) is 6.46. The van der Waals surface area contributed by atoms with Crippen molar-refractivity contribution in [2.45, 2.75) is 46.5 Å². The lowest BCUT2D eigenvalue weighted by Gasteiger charge is -2.26. The first-order valence-corrected chi connectivity index (χ1v) is 11.6. The fourth-order valence-corrected chi connectivity index (χ4v) is 4.13. The molecule has 0 aliphatic heterocycles. The minimum absolute atomic E-state index is 0.356. The molecule has 0 saturated heterocycles. The summed E-state index contributed by atoms with van der Waals surface area (Å²) in [5.41, 5.74) is 10.2. The minimum Gasteiger partial charge on any atom is -0.311 e. The molecule has 0 heterocycles. The van der Waals surface area contributed by atoms with Crippen LogP contribution in [0.3, 0.4) is 0 Å². The van der Waals surface area contributed by atoms with Gasteiger partial charge in [-0.25, -0.2) is 0 Å². The fourth-order valence-electron chi connectivity index (χ4n) is 4.13. The summed E-state index contributed by atoms with van der Waals surface area (Å²) in [6.45, 7) is 11.1. The van der Waals surface area contributed by atoms with Crippen LogP contribution in [0.2, 0.25) is 0 Å². The Bertz CT molecular complexity index is 1110. The van der Waals surface area contributed by atoms with E-state index in [4.69, 9.17) is 0 Å². The van der Waals surface area contributed by atoms with E-state index in [9.17, 15) is 0 Å². The minimum atomic E-state index is 0.356. The molecule has 32 heavy (non-hydrogen) atoms. The first-order valence-electron chi connectivity index (χ1n) is 11.6. The third-order valence-electron chi connectivity index (χ3n) is 6.31. The lowest BCUT2D eigenvalue weighted by Crippen LogP contribution is -2.10. The first-order chi connectivity index (χ1) is 15.4. The summed E-state index contributed by atoms with van der Waals surface area (Å²) in [6, 6.07) is 35.6. The summed E-state index contributed by atoms with van der Waals surface area (Å²) >= 11 is 0. The molecule has 0 aromatic heterocycles. The number of hydrogen-bond donors (Lipinski definition) is 0. The van der Waals surface area contributed by atoms with Crippen molar-refractivity contribution in [3.8, 4) is 0 Å². The Hall–Kier alpha value is -3.32. The van der Waals surface area contributed by atoms with Gasteiger partial charge in [-0.3, -0.25) is 0 Å². The number of aryl methyl sites for hydroxylation is 2. The molecule has 1 nitrogen and oxygen atoms in total. The van der Waals surface area contributed by atoms with Crippen molar-refractivity contribution in [3.05, 3.63) is 125 Å². The van der Waals surface area contributed by atoms with Gasteiger partial charge in [0.15, 0.2) is 0 Å². The molecule has 0 N–H and O–H groups in total. The normalized spacial score (nSPS) is 12.1. The molecule has 0 radical (unpaired) electrons. The molecule has 4 rings (SSSR count). The van der Waals surface area contributed by atoms with Gasteiger partial charge in [-0.1, -0.05) is 92.6 Å². The molecule has 0 amide bonds. The molecule has 0 fully saturated rings. The van der Waals surface area contributed by atoms with Crippen LogP contribution in [0.4, 0.5) is 17.1 Å². The zero-order valence-electron chi connectivity index (χ0n) is 19.8. The lowest BCUT2D eigenvalue weighted by molar-refractivity contribution is 0.851. The molecule has 0 saturated carbocycles. The molecule has 0 spiro atoms. The van der Waals surface area contributed by atoms with E-state index >= 15 is 0 Å². The van der Waals surface area contributed by atoms with Gasteiger partial charge in [-0.15, -0.1) is 0 Å². The van der Waals surface area contributed by atoms with E-state index < -0.39 is 0 Å². The first kappa shape index (κ1) is 21.9. The maximum Gasteiger partial charge on any atom is 0.0461 e. The summed E-state index contributed by atoms with van der Waals surface area (Å²) in [7, 11) is 0. The van der Waals surface area contributed by atoms with Crippen LogP contribution in [0.15, 0.2) is 97.1 Å². The van der Waals surface area contributed by atoms with Gasteiger partial charge in [0, 0.05) is 23.0 Å². The van der Waals surface area contributed by atoms with Gasteiger partial charge < -0.3 is 4.90 Å². The van der Waals surface area contributed by atoms with E-state index in [1.54, 1.807) is 0 Å². The molecule has 0 aliphatic rings. The molecule has 0 aliphatic carbocycles. The van der Waals surface area contributed by atoms with Gasteiger partial charge in [-0.2, -0.15) is 0 Å². The van der Waals surface area contributed by atoms with Crippen molar-refractivity contribution >= 4 is 17.1 Å². The highest BCUT2D eigenvalue weighted by Gasteiger charge is 2.14. The fraction of sp³-hybridized carbons (Fsp3) is 0.226. The Morgan fingerprint density at radius 2 is 0.938 bits per heavy atom. The summed E-state index contributed by atoms with van der Waals surface area (Å²) in [5.74, 6) is 0.900. The topological polar surface area (TPSA) is 3.24 Å². The van der Waals surface area contributed by atoms with Crippen molar-refractivity contribution in [2.24, 2.45) is 0 Å². The Balaban J connectivity index is 1.68. The van der Waals surface area contributed by atoms with E-state index in [1.807, 2.05) is 0 Å². The van der Waals surface area contributed by atoms with E-state index in [0.717, 1.165) is 0 Å². The van der Waals surface area contributed by atoms with Crippen LogP contribution in [-0.2, 0) is 0 Å². The Morgan fingerprint density at radius 3 is 1.41 bits per heavy atom. The standard InChI is InChI=1S/C31H33N/c1-22(2)27-7-6-8-28(21-27)25(5)26-13-19-31(20-14-26)32(29-15-9-23(3)10-16-29)30-17-11-24(4)12-18-30/h6-22,25H,1-5H3. The van der Waals surface area contributed by atoms with Crippen molar-refractivity contribution in [1.82, 2.24) is 0 Å². The monoisotopic (exact) mass is 419 g/mol. The van der Waals surface area contributed by atoms with Crippen molar-refractivity contribution in [3.63, 3.8) is 0 Å². The largest absolute Gasteiger partial charge is 0.311 e. The van der Waals surface area contributed by atoms with E-state index in [2.05, 4.69) is 137 Å². The highest BCUT2D eigenvalue weighted by Crippen LogP contribution is 2.36. The van der Waals surface area contributed by atoms with Crippen LogP contribution in [0.25, 0.3) is 0 Å². The van der Waals surface area contributed by atoms with Crippen LogP contribution in [0, 0.1) is 13.8 Å². The molecule has 4 aromatic rings. The zero-order chi connectivity index (χ0) is 22.7. The Morgan fingerprint density at radius 1 is 0.500 bits per heavy atom. The maximum atomic E-state index is 2.36. The molecule has 4 aromatic carbocycles. The number of hydrogen-bond acceptors (Lipinski definition) is 1. The average Bonchev–Trinajstić information content (AvgIpc) is 2.82. The predicted octanol–water partition coefficient (Wildman–Crippen LogP) is 9.05. The van der Waals surface area contributed by atoms with Crippen LogP contribution in [0.1, 0.15) is 60.4 Å². The molecule has 1 unspecified atom stereocenters. The molecule has 1 atom stereocenters. The lowest BCUT2D eigenvalue weighted by atomic mass is 9.90. The second-order valence-corrected chi connectivity index (χ2v) is 9.14. The third kappa shape index (κ3) is 4.78. The number of rotatable bonds is 6. The summed E-state index contributed by atoms with van der Waals surface area (Å²) < 4.78 is 0. The van der Waals surface area contributed by atoms with E-state index in [1.165, 1.54) is 44.9 Å². The van der Waals surface area contributed by atoms with Crippen LogP contribution in [0.5, 0.6) is 0 Å². The van der Waals surface area contributed by atoms with E-state index in [-0.39, 0.29) is 0 Å². The predicted molar refractivity (Wildman–Crippen MR) is 139 cm³/mol. The second kappa shape index (κ2) is 9.44. The number of benzene rings is 4. The maximum absolute atomic E-state index is 2.36. The van der Waals surface area contributed by atoms with Crippen LogP contribution >= 0.6 is 0 Å². The van der Waals surface area contributed by atoms with Gasteiger partial charge in [0.1, 0.15) is 0 Å². The summed E-state index contributed by atoms with van der Waals surface area (Å²) in [5, 5.41) is 0. The summed E-state index contributed by atoms with van der Waals surface area (Å²) in [6.07, 6.45) is 0. The molecule has 162 valence electrons. The van der Waals surface area contributed by atoms with Gasteiger partial charge >= 0.3 is 0 Å². The average molecular weight is 420 g/mol. The molecular formula is C31H33N. The van der Waals surface area contributed by atoms with Gasteiger partial charge in [0.25, 0.3) is 0 Å².